The Kier molecular flexibility index (Phi) is 9.83. The average Bonchev–Trinajstić information content (AvgIpc) is 3.66. The fourth-order valence-electron chi connectivity index (χ4n) is 8.39. The third-order valence-electron chi connectivity index (χ3n) is 11.2. The van der Waals surface area contributed by atoms with Gasteiger partial charge in [0.05, 0.1) is 11.2 Å². The minimum Gasteiger partial charge on any atom is -0.455 e. The van der Waals surface area contributed by atoms with Crippen LogP contribution in [0.5, 0.6) is 0 Å². The summed E-state index contributed by atoms with van der Waals surface area (Å²) in [5.41, 5.74) is 8.97. The van der Waals surface area contributed by atoms with Gasteiger partial charge in [0.25, 0.3) is 0 Å². The molecular formula is C56H43NO. The Morgan fingerprint density at radius 3 is 2.10 bits per heavy atom. The summed E-state index contributed by atoms with van der Waals surface area (Å²) in [6.45, 7) is 14.1. The van der Waals surface area contributed by atoms with E-state index in [9.17, 15) is 0 Å². The highest BCUT2D eigenvalue weighted by molar-refractivity contribution is 6.24. The molecule has 0 spiro atoms. The van der Waals surface area contributed by atoms with Gasteiger partial charge in [-0.1, -0.05) is 165 Å². The maximum Gasteiger partial charge on any atom is 0.143 e. The molecule has 278 valence electrons. The number of aryl methyl sites for hydroxylation is 1. The van der Waals surface area contributed by atoms with E-state index < -0.39 is 0 Å². The summed E-state index contributed by atoms with van der Waals surface area (Å²) in [5, 5.41) is 12.8. The van der Waals surface area contributed by atoms with Gasteiger partial charge < -0.3 is 4.42 Å². The van der Waals surface area contributed by atoms with Crippen LogP contribution in [-0.2, 0) is 0 Å². The highest BCUT2D eigenvalue weighted by Crippen LogP contribution is 2.43. The summed E-state index contributed by atoms with van der Waals surface area (Å²) in [5.74, 6) is 0. The molecule has 0 amide bonds. The van der Waals surface area contributed by atoms with Gasteiger partial charge >= 0.3 is 0 Å². The van der Waals surface area contributed by atoms with E-state index in [1.807, 2.05) is 30.4 Å². The standard InChI is InChI=1S/C56H43NO/c1-5-8-11-12-25-44(48-35-43-24-16-18-27-46(43)55-53-37(4)38(19-9-6-2)30-33-52(53)58-56(48)55)39(20-10-7-3)29-32-50-47-31-28-40-21-15-17-26-45(40)54(47)49-34-41-22-13-14-23-42(41)36-51(49)57-50/h5-7,9-10,12-36H,1-3,8,11H2,4H3/b19-9-,20-10-,25-12+,32-29+,44-39+. The largest absolute Gasteiger partial charge is 0.455 e. The number of aromatic nitrogens is 1. The topological polar surface area (TPSA) is 26.0 Å². The van der Waals surface area contributed by atoms with E-state index in [1.165, 1.54) is 32.5 Å². The number of pyridine rings is 1. The molecule has 0 bridgehead atoms. The molecule has 9 aromatic rings. The number of hydrogen-bond donors (Lipinski definition) is 0. The lowest BCUT2D eigenvalue weighted by Gasteiger charge is -2.13. The molecule has 9 rings (SSSR count). The van der Waals surface area contributed by atoms with Gasteiger partial charge in [0.15, 0.2) is 0 Å². The normalized spacial score (nSPS) is 12.9. The van der Waals surface area contributed by atoms with Crippen molar-refractivity contribution in [2.24, 2.45) is 0 Å². The molecule has 0 aliphatic carbocycles. The number of rotatable bonds is 11. The Hall–Kier alpha value is -7.29. The number of fused-ring (bicyclic) bond motifs is 11. The Morgan fingerprint density at radius 1 is 0.603 bits per heavy atom. The zero-order chi connectivity index (χ0) is 39.6. The molecule has 0 saturated heterocycles. The molecule has 2 aromatic heterocycles. The van der Waals surface area contributed by atoms with Crippen LogP contribution in [0.4, 0.5) is 0 Å². The lowest BCUT2D eigenvalue weighted by Crippen LogP contribution is -1.92. The zero-order valence-corrected chi connectivity index (χ0v) is 32.7. The summed E-state index contributed by atoms with van der Waals surface area (Å²) in [6, 6.07) is 41.2. The monoisotopic (exact) mass is 745 g/mol. The zero-order valence-electron chi connectivity index (χ0n) is 32.7. The molecule has 0 fully saturated rings. The van der Waals surface area contributed by atoms with Crippen molar-refractivity contribution in [1.82, 2.24) is 4.98 Å². The third-order valence-corrected chi connectivity index (χ3v) is 11.2. The van der Waals surface area contributed by atoms with Gasteiger partial charge in [-0.3, -0.25) is 0 Å². The molecule has 0 atom stereocenters. The molecule has 0 unspecified atom stereocenters. The fraction of sp³-hybridized carbons (Fsp3) is 0.0536. The molecule has 0 N–H and O–H groups in total. The van der Waals surface area contributed by atoms with E-state index >= 15 is 0 Å². The summed E-state index contributed by atoms with van der Waals surface area (Å²) < 4.78 is 6.93. The number of furan rings is 1. The van der Waals surface area contributed by atoms with Gasteiger partial charge in [-0.15, -0.1) is 6.58 Å². The molecular weight excluding hydrogens is 703 g/mol. The summed E-state index contributed by atoms with van der Waals surface area (Å²) in [7, 11) is 0. The van der Waals surface area contributed by atoms with Crippen LogP contribution >= 0.6 is 0 Å². The van der Waals surface area contributed by atoms with Crippen molar-refractivity contribution in [3.63, 3.8) is 0 Å². The smallest absolute Gasteiger partial charge is 0.143 e. The van der Waals surface area contributed by atoms with Gasteiger partial charge in [0.2, 0.25) is 0 Å². The van der Waals surface area contributed by atoms with E-state index in [1.54, 1.807) is 0 Å². The minimum atomic E-state index is 0.857. The second kappa shape index (κ2) is 15.7. The molecule has 58 heavy (non-hydrogen) atoms. The summed E-state index contributed by atoms with van der Waals surface area (Å²) >= 11 is 0. The first-order valence-corrected chi connectivity index (χ1v) is 19.9. The van der Waals surface area contributed by atoms with E-state index in [-0.39, 0.29) is 0 Å². The highest BCUT2D eigenvalue weighted by atomic mass is 16.3. The Labute approximate surface area is 339 Å². The van der Waals surface area contributed by atoms with Crippen LogP contribution in [-0.4, -0.2) is 4.98 Å². The summed E-state index contributed by atoms with van der Waals surface area (Å²) in [4.78, 5) is 5.38. The van der Waals surface area contributed by atoms with Crippen LogP contribution in [0.25, 0.3) is 93.7 Å². The van der Waals surface area contributed by atoms with Gasteiger partial charge in [-0.25, -0.2) is 4.98 Å². The van der Waals surface area contributed by atoms with Gasteiger partial charge in [-0.2, -0.15) is 0 Å². The van der Waals surface area contributed by atoms with Crippen molar-refractivity contribution in [2.45, 2.75) is 19.8 Å². The first kappa shape index (κ1) is 36.4. The molecule has 2 heteroatoms. The van der Waals surface area contributed by atoms with Crippen LogP contribution in [0.2, 0.25) is 0 Å². The first-order valence-electron chi connectivity index (χ1n) is 19.9. The van der Waals surface area contributed by atoms with Crippen LogP contribution in [0.15, 0.2) is 200 Å². The maximum absolute atomic E-state index is 6.93. The van der Waals surface area contributed by atoms with Crippen molar-refractivity contribution < 1.29 is 4.42 Å². The number of benzene rings is 7. The second-order valence-corrected chi connectivity index (χ2v) is 14.7. The molecule has 2 heterocycles. The van der Waals surface area contributed by atoms with Gasteiger partial charge in [0, 0.05) is 32.5 Å². The Balaban J connectivity index is 1.34. The number of unbranched alkanes of at least 4 members (excludes halogenated alkanes) is 1. The van der Waals surface area contributed by atoms with E-state index in [0.29, 0.717) is 0 Å². The average molecular weight is 746 g/mol. The van der Waals surface area contributed by atoms with Crippen LogP contribution in [0.1, 0.15) is 35.2 Å². The lowest BCUT2D eigenvalue weighted by molar-refractivity contribution is 0.668. The molecule has 0 radical (unpaired) electrons. The fourth-order valence-corrected chi connectivity index (χ4v) is 8.39. The number of nitrogens with zero attached hydrogens (tertiary/aromatic N) is 1. The quantitative estimate of drug-likeness (QED) is 0.0433. The summed E-state index contributed by atoms with van der Waals surface area (Å²) in [6.07, 6.45) is 24.4. The lowest BCUT2D eigenvalue weighted by atomic mass is 9.91. The van der Waals surface area contributed by atoms with Crippen molar-refractivity contribution in [2.75, 3.05) is 0 Å². The SMILES string of the molecule is C=C\C=C/C(/C=C/c1nc2cc3ccccc3cc2c2c1ccc1ccccc12)=C(/C=C/CCC=C)c1cc2ccccc2c2c1oc1ccc(/C=C\C=C)c(C)c12. The van der Waals surface area contributed by atoms with Gasteiger partial charge in [-0.05, 0) is 105 Å². The minimum absolute atomic E-state index is 0.857. The maximum atomic E-state index is 6.93. The first-order chi connectivity index (χ1) is 28.6. The van der Waals surface area contributed by atoms with Crippen LogP contribution < -0.4 is 0 Å². The Morgan fingerprint density at radius 2 is 1.33 bits per heavy atom. The second-order valence-electron chi connectivity index (χ2n) is 14.7. The number of allylic oxidation sites excluding steroid dienone is 11. The van der Waals surface area contributed by atoms with E-state index in [4.69, 9.17) is 9.40 Å². The van der Waals surface area contributed by atoms with Crippen molar-refractivity contribution in [1.29, 1.82) is 0 Å². The van der Waals surface area contributed by atoms with Crippen molar-refractivity contribution in [3.05, 3.63) is 218 Å². The molecule has 0 saturated carbocycles. The van der Waals surface area contributed by atoms with E-state index in [0.717, 1.165) is 89.8 Å². The Bertz CT molecular complexity index is 3290. The predicted octanol–water partition coefficient (Wildman–Crippen LogP) is 16.0. The van der Waals surface area contributed by atoms with Crippen LogP contribution in [0, 0.1) is 6.92 Å². The predicted molar refractivity (Wildman–Crippen MR) is 253 cm³/mol. The van der Waals surface area contributed by atoms with Gasteiger partial charge in [0.1, 0.15) is 11.2 Å². The molecule has 7 aromatic carbocycles. The molecule has 0 aliphatic rings. The van der Waals surface area contributed by atoms with Crippen LogP contribution in [0.3, 0.4) is 0 Å². The third kappa shape index (κ3) is 6.49. The molecule has 2 nitrogen and oxygen atoms in total. The molecule has 0 aliphatic heterocycles. The van der Waals surface area contributed by atoms with Crippen molar-refractivity contribution >= 4 is 93.7 Å². The van der Waals surface area contributed by atoms with Crippen molar-refractivity contribution in [3.8, 4) is 0 Å². The highest BCUT2D eigenvalue weighted by Gasteiger charge is 2.20. The van der Waals surface area contributed by atoms with E-state index in [2.05, 4.69) is 178 Å². The number of hydrogen-bond acceptors (Lipinski definition) is 2.